The summed E-state index contributed by atoms with van der Waals surface area (Å²) in [5.41, 5.74) is 2.45. The molecule has 5 rings (SSSR count). The first-order valence-corrected chi connectivity index (χ1v) is 13.3. The zero-order valence-corrected chi connectivity index (χ0v) is 24.7. The van der Waals surface area contributed by atoms with Gasteiger partial charge in [-0.3, -0.25) is 0 Å². The van der Waals surface area contributed by atoms with Gasteiger partial charge in [-0.25, -0.2) is 0 Å². The Hall–Kier alpha value is -3.64. The van der Waals surface area contributed by atoms with Crippen LogP contribution in [0.1, 0.15) is 0 Å². The van der Waals surface area contributed by atoms with Gasteiger partial charge in [0.1, 0.15) is 0 Å². The first kappa shape index (κ1) is 26.9. The highest BCUT2D eigenvalue weighted by atomic mass is 32.2. The van der Waals surface area contributed by atoms with Gasteiger partial charge in [-0.15, -0.1) is 0 Å². The zero-order valence-electron chi connectivity index (χ0n) is 23.1. The lowest BCUT2D eigenvalue weighted by Crippen LogP contribution is -2.21. The van der Waals surface area contributed by atoms with Crippen LogP contribution in [-0.4, -0.2) is 64.0 Å². The normalized spacial score (nSPS) is 12.5. The van der Waals surface area contributed by atoms with E-state index in [1.165, 1.54) is 23.5 Å². The van der Waals surface area contributed by atoms with Crippen molar-refractivity contribution in [3.05, 3.63) is 12.1 Å². The average Bonchev–Trinajstić information content (AvgIpc) is 2.98. The molecule has 2 aliphatic rings. The molecule has 0 unspecified atom stereocenters. The number of ether oxygens (including phenoxy) is 9. The summed E-state index contributed by atoms with van der Waals surface area (Å²) in [6.07, 6.45) is 0. The largest absolute Gasteiger partial charge is 0.493 e. The van der Waals surface area contributed by atoms with Crippen LogP contribution in [0, 0.1) is 0 Å². The first-order valence-electron chi connectivity index (χ1n) is 11.7. The van der Waals surface area contributed by atoms with Gasteiger partial charge in [0.15, 0.2) is 34.5 Å². The van der Waals surface area contributed by atoms with E-state index in [1.54, 1.807) is 64.0 Å². The van der Waals surface area contributed by atoms with E-state index in [-0.39, 0.29) is 0 Å². The van der Waals surface area contributed by atoms with Crippen LogP contribution in [0.5, 0.6) is 51.7 Å². The van der Waals surface area contributed by atoms with E-state index in [4.69, 9.17) is 42.6 Å². The zero-order chi connectivity index (χ0) is 28.0. The van der Waals surface area contributed by atoms with Gasteiger partial charge < -0.3 is 47.5 Å². The fraction of sp³-hybridized carbons (Fsp3) is 0.333. The van der Waals surface area contributed by atoms with Gasteiger partial charge in [0.2, 0.25) is 17.2 Å². The van der Waals surface area contributed by atoms with Crippen molar-refractivity contribution in [2.24, 2.45) is 0 Å². The summed E-state index contributed by atoms with van der Waals surface area (Å²) in [5, 5.41) is 0. The summed E-state index contributed by atoms with van der Waals surface area (Å²) in [7, 11) is 14.3. The van der Waals surface area contributed by atoms with Crippen molar-refractivity contribution in [1.82, 2.24) is 0 Å². The van der Waals surface area contributed by atoms with E-state index in [0.717, 1.165) is 36.6 Å². The van der Waals surface area contributed by atoms with Crippen LogP contribution in [0.4, 0.5) is 17.1 Å². The molecule has 0 saturated carbocycles. The Balaban J connectivity index is 1.99. The summed E-state index contributed by atoms with van der Waals surface area (Å²) in [6, 6.07) is 3.84. The van der Waals surface area contributed by atoms with Crippen molar-refractivity contribution in [3.8, 4) is 51.7 Å². The number of rotatable bonds is 9. The molecule has 0 saturated heterocycles. The molecule has 0 atom stereocenters. The summed E-state index contributed by atoms with van der Waals surface area (Å²) in [6.45, 7) is 0. The lowest BCUT2D eigenvalue weighted by atomic mass is 10.1. The molecule has 3 aromatic rings. The van der Waals surface area contributed by atoms with Crippen LogP contribution in [0.15, 0.2) is 31.7 Å². The van der Waals surface area contributed by atoms with E-state index >= 15 is 0 Å². The molecule has 208 valence electrons. The number of hydrogen-bond acceptors (Lipinski definition) is 12. The first-order chi connectivity index (χ1) is 19.0. The lowest BCUT2D eigenvalue weighted by Gasteiger charge is -2.40. The third-order valence-corrected chi connectivity index (χ3v) is 8.87. The van der Waals surface area contributed by atoms with Gasteiger partial charge in [0, 0.05) is 12.1 Å². The molecule has 2 aliphatic heterocycles. The number of methoxy groups -OCH3 is 9. The smallest absolute Gasteiger partial charge is 0.205 e. The van der Waals surface area contributed by atoms with Crippen LogP contribution in [0.25, 0.3) is 0 Å². The Morgan fingerprint density at radius 2 is 0.744 bits per heavy atom. The summed E-state index contributed by atoms with van der Waals surface area (Å²) in [5.74, 6) is 4.55. The molecule has 39 heavy (non-hydrogen) atoms. The topological polar surface area (TPSA) is 86.3 Å². The van der Waals surface area contributed by atoms with E-state index in [2.05, 4.69) is 4.90 Å². The second-order valence-electron chi connectivity index (χ2n) is 8.13. The maximum Gasteiger partial charge on any atom is 0.205 e. The molecule has 2 heterocycles. The number of benzene rings is 3. The molecule has 0 spiro atoms. The van der Waals surface area contributed by atoms with E-state index in [1.807, 2.05) is 12.1 Å². The third kappa shape index (κ3) is 3.72. The molecule has 10 nitrogen and oxygen atoms in total. The van der Waals surface area contributed by atoms with Crippen molar-refractivity contribution in [1.29, 1.82) is 0 Å². The lowest BCUT2D eigenvalue weighted by molar-refractivity contribution is 0.313. The number of fused-ring (bicyclic) bond motifs is 4. The molecule has 3 aromatic carbocycles. The molecule has 12 heteroatoms. The summed E-state index contributed by atoms with van der Waals surface area (Å²) < 4.78 is 52.4. The molecule has 0 aromatic heterocycles. The fourth-order valence-electron chi connectivity index (χ4n) is 4.91. The molecule has 0 N–H and O–H groups in total. The highest BCUT2D eigenvalue weighted by Crippen LogP contribution is 2.71. The third-order valence-electron chi connectivity index (χ3n) is 6.51. The molecule has 0 amide bonds. The predicted octanol–water partition coefficient (Wildman–Crippen LogP) is 6.16. The van der Waals surface area contributed by atoms with Crippen LogP contribution in [0.2, 0.25) is 0 Å². The Labute approximate surface area is 235 Å². The highest BCUT2D eigenvalue weighted by Gasteiger charge is 2.43. The molecule has 0 fully saturated rings. The van der Waals surface area contributed by atoms with Crippen molar-refractivity contribution >= 4 is 40.6 Å². The Morgan fingerprint density at radius 1 is 0.410 bits per heavy atom. The number of hydrogen-bond donors (Lipinski definition) is 0. The second kappa shape index (κ2) is 10.5. The summed E-state index contributed by atoms with van der Waals surface area (Å²) >= 11 is 2.98. The van der Waals surface area contributed by atoms with Gasteiger partial charge in [-0.2, -0.15) is 0 Å². The average molecular weight is 576 g/mol. The quantitative estimate of drug-likeness (QED) is 0.202. The number of anilines is 3. The minimum absolute atomic E-state index is 0.472. The molecular weight excluding hydrogens is 546 g/mol. The Morgan fingerprint density at radius 3 is 1.05 bits per heavy atom. The van der Waals surface area contributed by atoms with Crippen LogP contribution < -0.4 is 47.5 Å². The van der Waals surface area contributed by atoms with E-state index < -0.39 is 0 Å². The van der Waals surface area contributed by atoms with Crippen molar-refractivity contribution in [2.75, 3.05) is 68.9 Å². The van der Waals surface area contributed by atoms with Crippen molar-refractivity contribution < 1.29 is 42.6 Å². The predicted molar refractivity (Wildman–Crippen MR) is 148 cm³/mol. The number of nitrogens with zero attached hydrogens (tertiary/aromatic N) is 1. The molecule has 0 aliphatic carbocycles. The van der Waals surface area contributed by atoms with Gasteiger partial charge >= 0.3 is 0 Å². The Bertz CT molecular complexity index is 1360. The SMILES string of the molecule is COc1cc2c(c(OC)c1OC)Sc1c(OC)c(OC)c(OC)c3c1N2c1cc(OC)c(OC)c(OC)c1S3. The van der Waals surface area contributed by atoms with Gasteiger partial charge in [0.05, 0.1) is 101 Å². The van der Waals surface area contributed by atoms with Crippen molar-refractivity contribution in [3.63, 3.8) is 0 Å². The van der Waals surface area contributed by atoms with Gasteiger partial charge in [-0.1, -0.05) is 23.5 Å². The maximum absolute atomic E-state index is 5.93. The Kier molecular flexibility index (Phi) is 7.25. The maximum atomic E-state index is 5.93. The minimum atomic E-state index is 0.472. The van der Waals surface area contributed by atoms with Crippen LogP contribution in [0.3, 0.4) is 0 Å². The monoisotopic (exact) mass is 575 g/mol. The molecule has 0 bridgehead atoms. The molecular formula is C27H29NO9S2. The second-order valence-corrected chi connectivity index (χ2v) is 10.2. The van der Waals surface area contributed by atoms with Gasteiger partial charge in [0.25, 0.3) is 0 Å². The van der Waals surface area contributed by atoms with Crippen LogP contribution >= 0.6 is 23.5 Å². The highest BCUT2D eigenvalue weighted by molar-refractivity contribution is 8.01. The summed E-state index contributed by atoms with van der Waals surface area (Å²) in [4.78, 5) is 5.32. The van der Waals surface area contributed by atoms with Crippen molar-refractivity contribution in [2.45, 2.75) is 19.6 Å². The molecule has 0 radical (unpaired) electrons. The van der Waals surface area contributed by atoms with E-state index in [0.29, 0.717) is 51.7 Å². The standard InChI is InChI=1S/C27H29NO9S2/c1-29-14-10-12-24(20(34-6)17(14)31-3)38-26-16-27(23(37-9)19(33-5)22(26)36-8)39-25-13(28(12)16)11-15(30-2)18(32-4)21(25)35-7/h10-11H,1-9H3. The van der Waals surface area contributed by atoms with Crippen LogP contribution in [-0.2, 0) is 0 Å². The fourth-order valence-corrected chi connectivity index (χ4v) is 7.55. The van der Waals surface area contributed by atoms with E-state index in [9.17, 15) is 0 Å². The minimum Gasteiger partial charge on any atom is -0.493 e. The van der Waals surface area contributed by atoms with Gasteiger partial charge in [-0.05, 0) is 0 Å².